The molecule has 108 valence electrons. The van der Waals surface area contributed by atoms with Gasteiger partial charge in [-0.25, -0.2) is 4.39 Å². The van der Waals surface area contributed by atoms with E-state index in [9.17, 15) is 23.6 Å². The van der Waals surface area contributed by atoms with Crippen molar-refractivity contribution in [2.45, 2.75) is 25.8 Å². The summed E-state index contributed by atoms with van der Waals surface area (Å²) in [7, 11) is 0. The van der Waals surface area contributed by atoms with Gasteiger partial charge in [0.25, 0.3) is 11.8 Å². The second-order valence-corrected chi connectivity index (χ2v) is 5.09. The van der Waals surface area contributed by atoms with Crippen LogP contribution in [-0.2, 0) is 9.59 Å². The molecule has 1 unspecified atom stereocenters. The van der Waals surface area contributed by atoms with Gasteiger partial charge < -0.3 is 0 Å². The molecule has 0 aliphatic carbocycles. The van der Waals surface area contributed by atoms with Gasteiger partial charge >= 0.3 is 0 Å². The molecule has 21 heavy (non-hydrogen) atoms. The summed E-state index contributed by atoms with van der Waals surface area (Å²) in [4.78, 5) is 48.5. The Hall–Kier alpha value is -2.57. The quantitative estimate of drug-likeness (QED) is 0.765. The highest BCUT2D eigenvalue weighted by Crippen LogP contribution is 2.30. The second-order valence-electron chi connectivity index (χ2n) is 5.09. The first-order chi connectivity index (χ1) is 9.90. The number of carbonyl (C=O) groups is 4. The number of benzene rings is 1. The van der Waals surface area contributed by atoms with Gasteiger partial charge in [-0.15, -0.1) is 0 Å². The molecule has 0 bridgehead atoms. The van der Waals surface area contributed by atoms with Gasteiger partial charge in [-0.05, 0) is 31.0 Å². The van der Waals surface area contributed by atoms with E-state index in [1.807, 2.05) is 0 Å². The van der Waals surface area contributed by atoms with Gasteiger partial charge in [0.15, 0.2) is 0 Å². The van der Waals surface area contributed by atoms with Crippen LogP contribution in [0.3, 0.4) is 0 Å². The molecule has 2 heterocycles. The fraction of sp³-hybridized carbons (Fsp3) is 0.286. The maximum Gasteiger partial charge on any atom is 0.262 e. The molecule has 6 nitrogen and oxygen atoms in total. The monoisotopic (exact) mass is 290 g/mol. The molecule has 0 aromatic heterocycles. The number of halogens is 1. The topological polar surface area (TPSA) is 83.6 Å². The van der Waals surface area contributed by atoms with Gasteiger partial charge in [-0.1, -0.05) is 0 Å². The molecular formula is C14H11FN2O4. The van der Waals surface area contributed by atoms with Crippen LogP contribution < -0.4 is 5.32 Å². The van der Waals surface area contributed by atoms with E-state index in [0.29, 0.717) is 5.56 Å². The molecule has 1 saturated heterocycles. The predicted molar refractivity (Wildman–Crippen MR) is 67.8 cm³/mol. The molecule has 3 rings (SSSR count). The number of amides is 4. The Kier molecular flexibility index (Phi) is 2.86. The zero-order chi connectivity index (χ0) is 15.3. The Balaban J connectivity index is 2.02. The molecule has 1 aromatic rings. The van der Waals surface area contributed by atoms with E-state index < -0.39 is 35.5 Å². The minimum Gasteiger partial charge on any atom is -0.295 e. The number of aryl methyl sites for hydroxylation is 1. The van der Waals surface area contributed by atoms with E-state index in [1.165, 1.54) is 6.92 Å². The van der Waals surface area contributed by atoms with Gasteiger partial charge in [0.1, 0.15) is 11.9 Å². The lowest BCUT2D eigenvalue weighted by Crippen LogP contribution is -2.54. The van der Waals surface area contributed by atoms with Crippen molar-refractivity contribution in [1.82, 2.24) is 10.2 Å². The molecule has 1 N–H and O–H groups in total. The van der Waals surface area contributed by atoms with E-state index in [-0.39, 0.29) is 24.0 Å². The van der Waals surface area contributed by atoms with Crippen molar-refractivity contribution in [2.24, 2.45) is 0 Å². The van der Waals surface area contributed by atoms with Gasteiger partial charge in [-0.3, -0.25) is 29.4 Å². The molecule has 1 aromatic carbocycles. The summed E-state index contributed by atoms with van der Waals surface area (Å²) >= 11 is 0. The fourth-order valence-electron chi connectivity index (χ4n) is 2.75. The van der Waals surface area contributed by atoms with Crippen LogP contribution in [0.5, 0.6) is 0 Å². The molecule has 1 fully saturated rings. The van der Waals surface area contributed by atoms with Crippen LogP contribution in [0.4, 0.5) is 4.39 Å². The number of nitrogens with one attached hydrogen (secondary N) is 1. The zero-order valence-electron chi connectivity index (χ0n) is 11.1. The van der Waals surface area contributed by atoms with Gasteiger partial charge in [0.2, 0.25) is 11.8 Å². The Morgan fingerprint density at radius 2 is 1.90 bits per heavy atom. The molecule has 0 saturated carbocycles. The van der Waals surface area contributed by atoms with Crippen LogP contribution in [-0.4, -0.2) is 34.6 Å². The van der Waals surface area contributed by atoms with E-state index in [2.05, 4.69) is 5.32 Å². The summed E-state index contributed by atoms with van der Waals surface area (Å²) in [5.41, 5.74) is 0.423. The largest absolute Gasteiger partial charge is 0.295 e. The lowest BCUT2D eigenvalue weighted by atomic mass is 10.0. The number of hydrogen-bond donors (Lipinski definition) is 1. The molecule has 2 aliphatic rings. The summed E-state index contributed by atoms with van der Waals surface area (Å²) in [5, 5.41) is 2.10. The molecule has 0 radical (unpaired) electrons. The second kappa shape index (κ2) is 4.47. The number of imide groups is 2. The normalized spacial score (nSPS) is 21.6. The summed E-state index contributed by atoms with van der Waals surface area (Å²) in [6, 6.07) is 1.13. The SMILES string of the molecule is Cc1cc(F)cc2c1C(=O)N(C1CCC(=O)NC1=O)C2=O. The van der Waals surface area contributed by atoms with Crippen molar-refractivity contribution in [3.05, 3.63) is 34.6 Å². The highest BCUT2D eigenvalue weighted by Gasteiger charge is 2.45. The third-order valence-corrected chi connectivity index (χ3v) is 3.70. The summed E-state index contributed by atoms with van der Waals surface area (Å²) in [6.45, 7) is 1.53. The van der Waals surface area contributed by atoms with Crippen molar-refractivity contribution in [1.29, 1.82) is 0 Å². The third-order valence-electron chi connectivity index (χ3n) is 3.70. The zero-order valence-corrected chi connectivity index (χ0v) is 11.1. The van der Waals surface area contributed by atoms with Crippen LogP contribution in [0, 0.1) is 12.7 Å². The van der Waals surface area contributed by atoms with E-state index >= 15 is 0 Å². The Morgan fingerprint density at radius 3 is 2.57 bits per heavy atom. The van der Waals surface area contributed by atoms with Crippen LogP contribution in [0.25, 0.3) is 0 Å². The minimum atomic E-state index is -1.03. The maximum atomic E-state index is 13.4. The molecule has 0 spiro atoms. The number of rotatable bonds is 1. The standard InChI is InChI=1S/C14H11FN2O4/c1-6-4-7(15)5-8-11(6)14(21)17(13(8)20)9-2-3-10(18)16-12(9)19/h4-5,9H,2-3H2,1H3,(H,16,18,19). The first-order valence-electron chi connectivity index (χ1n) is 6.42. The number of fused-ring (bicyclic) bond motifs is 1. The first kappa shape index (κ1) is 13.4. The van der Waals surface area contributed by atoms with Gasteiger partial charge in [-0.2, -0.15) is 0 Å². The summed E-state index contributed by atoms with van der Waals surface area (Å²) in [6.07, 6.45) is 0.134. The van der Waals surface area contributed by atoms with E-state index in [0.717, 1.165) is 17.0 Å². The minimum absolute atomic E-state index is 0.0396. The third kappa shape index (κ3) is 1.93. The first-order valence-corrected chi connectivity index (χ1v) is 6.42. The lowest BCUT2D eigenvalue weighted by molar-refractivity contribution is -0.136. The summed E-state index contributed by atoms with van der Waals surface area (Å²) in [5.74, 6) is -3.06. The molecule has 7 heteroatoms. The van der Waals surface area contributed by atoms with E-state index in [1.54, 1.807) is 0 Å². The number of nitrogens with zero attached hydrogens (tertiary/aromatic N) is 1. The van der Waals surface area contributed by atoms with Crippen molar-refractivity contribution in [3.8, 4) is 0 Å². The maximum absolute atomic E-state index is 13.4. The fourth-order valence-corrected chi connectivity index (χ4v) is 2.75. The molecule has 4 amide bonds. The molecule has 2 aliphatic heterocycles. The van der Waals surface area contributed by atoms with Crippen molar-refractivity contribution < 1.29 is 23.6 Å². The number of piperidine rings is 1. The summed E-state index contributed by atoms with van der Waals surface area (Å²) < 4.78 is 13.4. The Labute approximate surface area is 118 Å². The highest BCUT2D eigenvalue weighted by atomic mass is 19.1. The average molecular weight is 290 g/mol. The van der Waals surface area contributed by atoms with Gasteiger partial charge in [0.05, 0.1) is 11.1 Å². The van der Waals surface area contributed by atoms with Crippen molar-refractivity contribution in [3.63, 3.8) is 0 Å². The predicted octanol–water partition coefficient (Wildman–Crippen LogP) is 0.535. The van der Waals surface area contributed by atoms with Crippen molar-refractivity contribution >= 4 is 23.6 Å². The number of hydrogen-bond acceptors (Lipinski definition) is 4. The van der Waals surface area contributed by atoms with Crippen LogP contribution in [0.1, 0.15) is 39.1 Å². The lowest BCUT2D eigenvalue weighted by Gasteiger charge is -2.27. The smallest absolute Gasteiger partial charge is 0.262 e. The highest BCUT2D eigenvalue weighted by molar-refractivity contribution is 6.24. The molecule has 1 atom stereocenters. The van der Waals surface area contributed by atoms with Crippen LogP contribution in [0.2, 0.25) is 0 Å². The van der Waals surface area contributed by atoms with E-state index in [4.69, 9.17) is 0 Å². The molecular weight excluding hydrogens is 279 g/mol. The Bertz CT molecular complexity index is 713. The van der Waals surface area contributed by atoms with Crippen LogP contribution >= 0.6 is 0 Å². The number of carbonyl (C=O) groups excluding carboxylic acids is 4. The Morgan fingerprint density at radius 1 is 1.19 bits per heavy atom. The van der Waals surface area contributed by atoms with Crippen molar-refractivity contribution in [2.75, 3.05) is 0 Å². The van der Waals surface area contributed by atoms with Gasteiger partial charge in [0, 0.05) is 6.42 Å². The van der Waals surface area contributed by atoms with Crippen LogP contribution in [0.15, 0.2) is 12.1 Å². The average Bonchev–Trinajstić information content (AvgIpc) is 2.63.